The standard InChI is InChI=1S/C34H36N4O6/c1-37(2)17-5-15-35-31(39)23-11-7-19-21-9-13-25(33(41)42)30-26(34(43)44)14-10-22(28(21)30)20-8-12-24(29(23)27(19)20)32(40)36-16-6-18-38(3)4/h7-14H,5-6,15-18H2,1-4H3,(H,35,39)(H,36,40)(H,41,42)(H,43,44). The quantitative estimate of drug-likeness (QED) is 0.0939. The van der Waals surface area contributed by atoms with Crippen LogP contribution in [0.3, 0.4) is 0 Å². The van der Waals surface area contributed by atoms with Gasteiger partial charge in [-0.15, -0.1) is 0 Å². The van der Waals surface area contributed by atoms with E-state index < -0.39 is 11.9 Å². The molecule has 10 heteroatoms. The summed E-state index contributed by atoms with van der Waals surface area (Å²) in [6, 6.07) is 13.2. The lowest BCUT2D eigenvalue weighted by molar-refractivity contribution is 0.0695. The van der Waals surface area contributed by atoms with Crippen LogP contribution in [0, 0.1) is 0 Å². The van der Waals surface area contributed by atoms with Gasteiger partial charge in [0.25, 0.3) is 11.8 Å². The Morgan fingerprint density at radius 3 is 1.16 bits per heavy atom. The first-order valence-corrected chi connectivity index (χ1v) is 14.5. The van der Waals surface area contributed by atoms with Gasteiger partial charge in [-0.1, -0.05) is 24.3 Å². The van der Waals surface area contributed by atoms with Crippen molar-refractivity contribution >= 4 is 66.8 Å². The highest BCUT2D eigenvalue weighted by Crippen LogP contribution is 2.44. The van der Waals surface area contributed by atoms with Gasteiger partial charge in [-0.05, 0) is 111 Å². The van der Waals surface area contributed by atoms with Crippen LogP contribution >= 0.6 is 0 Å². The number of hydrogen-bond donors (Lipinski definition) is 4. The van der Waals surface area contributed by atoms with Gasteiger partial charge >= 0.3 is 11.9 Å². The maximum atomic E-state index is 13.6. The van der Waals surface area contributed by atoms with E-state index >= 15 is 0 Å². The molecule has 228 valence electrons. The average molecular weight is 597 g/mol. The lowest BCUT2D eigenvalue weighted by Crippen LogP contribution is -2.29. The number of carboxylic acid groups (broad SMARTS) is 2. The first kappa shape index (κ1) is 30.7. The number of benzene rings is 5. The van der Waals surface area contributed by atoms with E-state index in [-0.39, 0.29) is 28.3 Å². The van der Waals surface area contributed by atoms with E-state index in [4.69, 9.17) is 0 Å². The topological polar surface area (TPSA) is 139 Å². The zero-order chi connectivity index (χ0) is 31.7. The van der Waals surface area contributed by atoms with Crippen molar-refractivity contribution in [2.24, 2.45) is 0 Å². The smallest absolute Gasteiger partial charge is 0.336 e. The van der Waals surface area contributed by atoms with Crippen LogP contribution in [0.15, 0.2) is 48.5 Å². The summed E-state index contributed by atoms with van der Waals surface area (Å²) in [5, 5.41) is 30.4. The maximum absolute atomic E-state index is 13.6. The van der Waals surface area contributed by atoms with Gasteiger partial charge in [-0.25, -0.2) is 9.59 Å². The van der Waals surface area contributed by atoms with Crippen molar-refractivity contribution in [2.75, 3.05) is 54.4 Å². The third-order valence-electron chi connectivity index (χ3n) is 7.99. The van der Waals surface area contributed by atoms with Crippen LogP contribution in [0.25, 0.3) is 43.1 Å². The number of aromatic carboxylic acids is 2. The molecule has 0 aromatic heterocycles. The predicted molar refractivity (Wildman–Crippen MR) is 173 cm³/mol. The number of carbonyl (C=O) groups is 4. The van der Waals surface area contributed by atoms with E-state index in [2.05, 4.69) is 10.6 Å². The molecule has 0 aliphatic heterocycles. The highest BCUT2D eigenvalue weighted by atomic mass is 16.4. The SMILES string of the molecule is CN(C)CCCNC(=O)c1ccc2c3ccc(C(=O)O)c4c(C(=O)O)ccc(c5ccc(C(=O)NCCCN(C)C)c1c25)c43. The molecule has 0 saturated carbocycles. The van der Waals surface area contributed by atoms with Crippen molar-refractivity contribution in [3.05, 3.63) is 70.8 Å². The molecule has 0 saturated heterocycles. The summed E-state index contributed by atoms with van der Waals surface area (Å²) in [7, 11) is 7.87. The summed E-state index contributed by atoms with van der Waals surface area (Å²) in [4.78, 5) is 55.7. The molecular weight excluding hydrogens is 560 g/mol. The molecule has 10 nitrogen and oxygen atoms in total. The lowest BCUT2D eigenvalue weighted by Gasteiger charge is -2.20. The average Bonchev–Trinajstić information content (AvgIpc) is 2.98. The fraction of sp³-hybridized carbons (Fsp3) is 0.294. The molecule has 0 heterocycles. The van der Waals surface area contributed by atoms with Crippen LogP contribution < -0.4 is 10.6 Å². The summed E-state index contributed by atoms with van der Waals surface area (Å²) in [6.07, 6.45) is 1.51. The van der Waals surface area contributed by atoms with Gasteiger partial charge in [-0.3, -0.25) is 9.59 Å². The second-order valence-electron chi connectivity index (χ2n) is 11.6. The van der Waals surface area contributed by atoms with Crippen LogP contribution in [0.4, 0.5) is 0 Å². The minimum absolute atomic E-state index is 0.106. The Hall–Kier alpha value is -4.80. The first-order valence-electron chi connectivity index (χ1n) is 14.5. The predicted octanol–water partition coefficient (Wildman–Crippen LogP) is 4.50. The van der Waals surface area contributed by atoms with Gasteiger partial charge in [0, 0.05) is 35.0 Å². The molecule has 5 aromatic carbocycles. The lowest BCUT2D eigenvalue weighted by atomic mass is 9.84. The number of nitrogens with one attached hydrogen (secondary N) is 2. The number of fused-ring (bicyclic) bond motifs is 2. The molecule has 0 unspecified atom stereocenters. The zero-order valence-electron chi connectivity index (χ0n) is 25.3. The van der Waals surface area contributed by atoms with Crippen molar-refractivity contribution in [1.82, 2.24) is 20.4 Å². The molecule has 44 heavy (non-hydrogen) atoms. The number of hydrogen-bond acceptors (Lipinski definition) is 6. The Morgan fingerprint density at radius 2 is 0.841 bits per heavy atom. The van der Waals surface area contributed by atoms with Crippen molar-refractivity contribution in [1.29, 1.82) is 0 Å². The molecule has 0 aliphatic carbocycles. The molecule has 5 rings (SSSR count). The Kier molecular flexibility index (Phi) is 8.66. The molecule has 0 bridgehead atoms. The number of nitrogens with zero attached hydrogens (tertiary/aromatic N) is 2. The monoisotopic (exact) mass is 596 g/mol. The normalized spacial score (nSPS) is 11.8. The summed E-state index contributed by atoms with van der Waals surface area (Å²) >= 11 is 0. The minimum Gasteiger partial charge on any atom is -0.478 e. The van der Waals surface area contributed by atoms with E-state index in [1.807, 2.05) is 38.0 Å². The second kappa shape index (κ2) is 12.4. The fourth-order valence-electron chi connectivity index (χ4n) is 6.01. The van der Waals surface area contributed by atoms with Crippen molar-refractivity contribution in [3.8, 4) is 0 Å². The molecule has 0 radical (unpaired) electrons. The van der Waals surface area contributed by atoms with Gasteiger partial charge in [-0.2, -0.15) is 0 Å². The highest BCUT2D eigenvalue weighted by Gasteiger charge is 2.25. The van der Waals surface area contributed by atoms with E-state index in [0.29, 0.717) is 61.9 Å². The van der Waals surface area contributed by atoms with Crippen LogP contribution in [0.1, 0.15) is 54.3 Å². The minimum atomic E-state index is -1.23. The zero-order valence-corrected chi connectivity index (χ0v) is 25.3. The van der Waals surface area contributed by atoms with Crippen LogP contribution in [-0.2, 0) is 0 Å². The molecular formula is C34H36N4O6. The molecule has 0 fully saturated rings. The van der Waals surface area contributed by atoms with Gasteiger partial charge in [0.15, 0.2) is 0 Å². The fourth-order valence-corrected chi connectivity index (χ4v) is 6.01. The second-order valence-corrected chi connectivity index (χ2v) is 11.6. The van der Waals surface area contributed by atoms with Crippen molar-refractivity contribution < 1.29 is 29.4 Å². The third-order valence-corrected chi connectivity index (χ3v) is 7.99. The Morgan fingerprint density at radius 1 is 0.523 bits per heavy atom. The third kappa shape index (κ3) is 5.61. The Labute approximate surface area is 254 Å². The Bertz CT molecular complexity index is 1800. The Balaban J connectivity index is 1.77. The number of rotatable bonds is 12. The van der Waals surface area contributed by atoms with Gasteiger partial charge in [0.2, 0.25) is 0 Å². The molecule has 4 N–H and O–H groups in total. The number of carboxylic acids is 2. The molecule has 0 atom stereocenters. The molecule has 0 spiro atoms. The van der Waals surface area contributed by atoms with E-state index in [1.54, 1.807) is 36.4 Å². The largest absolute Gasteiger partial charge is 0.478 e. The number of amides is 2. The van der Waals surface area contributed by atoms with Gasteiger partial charge < -0.3 is 30.6 Å². The van der Waals surface area contributed by atoms with E-state index in [9.17, 15) is 29.4 Å². The van der Waals surface area contributed by atoms with Gasteiger partial charge in [0.05, 0.1) is 11.1 Å². The van der Waals surface area contributed by atoms with Crippen LogP contribution in [0.5, 0.6) is 0 Å². The summed E-state index contributed by atoms with van der Waals surface area (Å²) in [5.41, 5.74) is 0.506. The molecule has 5 aromatic rings. The summed E-state index contributed by atoms with van der Waals surface area (Å²) in [5.74, 6) is -3.05. The molecule has 2 amide bonds. The van der Waals surface area contributed by atoms with Crippen molar-refractivity contribution in [2.45, 2.75) is 12.8 Å². The molecule has 0 aliphatic rings. The van der Waals surface area contributed by atoms with Crippen LogP contribution in [-0.4, -0.2) is 98.1 Å². The van der Waals surface area contributed by atoms with Crippen molar-refractivity contribution in [3.63, 3.8) is 0 Å². The number of carbonyl (C=O) groups excluding carboxylic acids is 2. The van der Waals surface area contributed by atoms with Crippen LogP contribution in [0.2, 0.25) is 0 Å². The van der Waals surface area contributed by atoms with Gasteiger partial charge in [0.1, 0.15) is 0 Å². The summed E-state index contributed by atoms with van der Waals surface area (Å²) < 4.78 is 0. The maximum Gasteiger partial charge on any atom is 0.336 e. The van der Waals surface area contributed by atoms with E-state index in [0.717, 1.165) is 25.9 Å². The first-order chi connectivity index (χ1) is 21.0. The summed E-state index contributed by atoms with van der Waals surface area (Å²) in [6.45, 7) is 2.54. The van der Waals surface area contributed by atoms with E-state index in [1.165, 1.54) is 12.1 Å². The highest BCUT2D eigenvalue weighted by molar-refractivity contribution is 6.38.